The Morgan fingerprint density at radius 1 is 1.15 bits per heavy atom. The van der Waals surface area contributed by atoms with E-state index in [2.05, 4.69) is 15.5 Å². The molecule has 0 saturated heterocycles. The number of tetrazole rings is 1. The Kier molecular flexibility index (Phi) is 5.37. The summed E-state index contributed by atoms with van der Waals surface area (Å²) in [4.78, 5) is 12.2. The maximum atomic E-state index is 12.2. The molecule has 0 spiro atoms. The number of phenolic OH excluding ortho intramolecular Hbond substituents is 2. The molecule has 3 rings (SSSR count). The molecule has 9 heteroatoms. The van der Waals surface area contributed by atoms with E-state index in [-0.39, 0.29) is 23.0 Å². The van der Waals surface area contributed by atoms with Crippen molar-refractivity contribution in [3.8, 4) is 17.2 Å². The number of phenols is 2. The van der Waals surface area contributed by atoms with Crippen LogP contribution in [-0.4, -0.2) is 49.1 Å². The second-order valence-corrected chi connectivity index (χ2v) is 6.33. The van der Waals surface area contributed by atoms with Crippen molar-refractivity contribution < 1.29 is 19.7 Å². The number of ketones is 1. The molecular weight excluding hydrogens is 356 g/mol. The van der Waals surface area contributed by atoms with Crippen molar-refractivity contribution in [3.63, 3.8) is 0 Å². The lowest BCUT2D eigenvalue weighted by atomic mass is 10.1. The van der Waals surface area contributed by atoms with Crippen molar-refractivity contribution in [2.75, 3.05) is 12.9 Å². The number of Topliss-reactive ketones (excluding diaryl/α,β-unsaturated/α-hetero) is 1. The van der Waals surface area contributed by atoms with Gasteiger partial charge in [0.15, 0.2) is 17.3 Å². The first-order valence-electron chi connectivity index (χ1n) is 7.64. The van der Waals surface area contributed by atoms with Crippen LogP contribution in [0.2, 0.25) is 0 Å². The largest absolute Gasteiger partial charge is 0.504 e. The van der Waals surface area contributed by atoms with E-state index in [1.165, 1.54) is 30.0 Å². The molecule has 0 bridgehead atoms. The van der Waals surface area contributed by atoms with Crippen LogP contribution in [-0.2, 0) is 6.54 Å². The number of ether oxygens (including phenoxy) is 1. The number of hydrogen-bond acceptors (Lipinski definition) is 8. The van der Waals surface area contributed by atoms with Gasteiger partial charge in [-0.2, -0.15) is 0 Å². The summed E-state index contributed by atoms with van der Waals surface area (Å²) in [6.45, 7) is 0.466. The molecule has 26 heavy (non-hydrogen) atoms. The van der Waals surface area contributed by atoms with Crippen LogP contribution in [0.4, 0.5) is 0 Å². The molecular formula is C17H16N4O4S. The molecule has 0 radical (unpaired) electrons. The van der Waals surface area contributed by atoms with E-state index in [4.69, 9.17) is 4.74 Å². The first kappa shape index (κ1) is 17.7. The summed E-state index contributed by atoms with van der Waals surface area (Å²) in [7, 11) is 1.61. The fourth-order valence-electron chi connectivity index (χ4n) is 2.21. The minimum Gasteiger partial charge on any atom is -0.504 e. The lowest BCUT2D eigenvalue weighted by Crippen LogP contribution is -2.07. The minimum absolute atomic E-state index is 0.104. The fraction of sp³-hybridized carbons (Fsp3) is 0.176. The van der Waals surface area contributed by atoms with Gasteiger partial charge in [0.05, 0.1) is 19.4 Å². The predicted octanol–water partition coefficient (Wildman–Crippen LogP) is 2.12. The quantitative estimate of drug-likeness (QED) is 0.369. The van der Waals surface area contributed by atoms with E-state index in [0.29, 0.717) is 17.3 Å². The van der Waals surface area contributed by atoms with E-state index < -0.39 is 0 Å². The summed E-state index contributed by atoms with van der Waals surface area (Å²) >= 11 is 1.20. The van der Waals surface area contributed by atoms with E-state index >= 15 is 0 Å². The fourth-order valence-corrected chi connectivity index (χ4v) is 2.98. The van der Waals surface area contributed by atoms with Gasteiger partial charge in [-0.15, -0.1) is 5.10 Å². The van der Waals surface area contributed by atoms with Gasteiger partial charge in [0.25, 0.3) is 0 Å². The second-order valence-electron chi connectivity index (χ2n) is 5.38. The van der Waals surface area contributed by atoms with Crippen LogP contribution in [0.15, 0.2) is 47.6 Å². The van der Waals surface area contributed by atoms with Gasteiger partial charge < -0.3 is 14.9 Å². The number of thioether (sulfide) groups is 1. The molecule has 0 unspecified atom stereocenters. The third kappa shape index (κ3) is 4.12. The SMILES string of the molecule is COc1ccc(Cn2nnnc2SCC(=O)c2ccc(O)c(O)c2)cc1. The minimum atomic E-state index is -0.329. The lowest BCUT2D eigenvalue weighted by molar-refractivity contribution is 0.102. The van der Waals surface area contributed by atoms with E-state index in [9.17, 15) is 15.0 Å². The zero-order chi connectivity index (χ0) is 18.5. The topological polar surface area (TPSA) is 110 Å². The number of rotatable bonds is 7. The molecule has 134 valence electrons. The van der Waals surface area contributed by atoms with Crippen molar-refractivity contribution in [3.05, 3.63) is 53.6 Å². The van der Waals surface area contributed by atoms with E-state index in [0.717, 1.165) is 11.3 Å². The van der Waals surface area contributed by atoms with Gasteiger partial charge in [0.2, 0.25) is 5.16 Å². The van der Waals surface area contributed by atoms with Gasteiger partial charge in [-0.1, -0.05) is 23.9 Å². The standard InChI is InChI=1S/C17H16N4O4S/c1-25-13-5-2-11(3-6-13)9-21-17(18-19-20-21)26-10-16(24)12-4-7-14(22)15(23)8-12/h2-8,22-23H,9-10H2,1H3. The Labute approximate surface area is 153 Å². The average Bonchev–Trinajstić information content (AvgIpc) is 3.09. The first-order chi connectivity index (χ1) is 12.6. The second kappa shape index (κ2) is 7.87. The van der Waals surface area contributed by atoms with Gasteiger partial charge in [-0.25, -0.2) is 4.68 Å². The van der Waals surface area contributed by atoms with Crippen molar-refractivity contribution in [1.82, 2.24) is 20.2 Å². The number of methoxy groups -OCH3 is 1. The Morgan fingerprint density at radius 2 is 1.92 bits per heavy atom. The molecule has 0 aliphatic carbocycles. The molecule has 2 N–H and O–H groups in total. The Hall–Kier alpha value is -3.07. The molecule has 0 saturated carbocycles. The van der Waals surface area contributed by atoms with Gasteiger partial charge in [0.1, 0.15) is 5.75 Å². The highest BCUT2D eigenvalue weighted by Crippen LogP contribution is 2.26. The maximum absolute atomic E-state index is 12.2. The maximum Gasteiger partial charge on any atom is 0.210 e. The molecule has 8 nitrogen and oxygen atoms in total. The normalized spacial score (nSPS) is 10.7. The van der Waals surface area contributed by atoms with Crippen LogP contribution in [0.3, 0.4) is 0 Å². The number of benzene rings is 2. The molecule has 1 heterocycles. The van der Waals surface area contributed by atoms with Gasteiger partial charge in [-0.05, 0) is 46.3 Å². The highest BCUT2D eigenvalue weighted by atomic mass is 32.2. The van der Waals surface area contributed by atoms with Crippen LogP contribution in [0.1, 0.15) is 15.9 Å². The number of hydrogen-bond donors (Lipinski definition) is 2. The highest BCUT2D eigenvalue weighted by molar-refractivity contribution is 7.99. The number of aromatic nitrogens is 4. The summed E-state index contributed by atoms with van der Waals surface area (Å²) < 4.78 is 6.73. The van der Waals surface area contributed by atoms with Gasteiger partial charge in [0, 0.05) is 5.56 Å². The monoisotopic (exact) mass is 372 g/mol. The predicted molar refractivity (Wildman–Crippen MR) is 94.7 cm³/mol. The molecule has 0 aliphatic rings. The van der Waals surface area contributed by atoms with Crippen LogP contribution < -0.4 is 4.74 Å². The zero-order valence-electron chi connectivity index (χ0n) is 13.9. The third-order valence-electron chi connectivity index (χ3n) is 3.62. The molecule has 0 amide bonds. The Morgan fingerprint density at radius 3 is 2.62 bits per heavy atom. The Balaban J connectivity index is 1.64. The molecule has 0 atom stereocenters. The van der Waals surface area contributed by atoms with Crippen LogP contribution >= 0.6 is 11.8 Å². The van der Waals surface area contributed by atoms with Gasteiger partial charge >= 0.3 is 0 Å². The van der Waals surface area contributed by atoms with Crippen LogP contribution in [0.25, 0.3) is 0 Å². The zero-order valence-corrected chi connectivity index (χ0v) is 14.7. The number of nitrogens with zero attached hydrogens (tertiary/aromatic N) is 4. The van der Waals surface area contributed by atoms with Crippen molar-refractivity contribution in [1.29, 1.82) is 0 Å². The first-order valence-corrected chi connectivity index (χ1v) is 8.62. The van der Waals surface area contributed by atoms with Gasteiger partial charge in [-0.3, -0.25) is 4.79 Å². The number of carbonyl (C=O) groups excluding carboxylic acids is 1. The lowest BCUT2D eigenvalue weighted by Gasteiger charge is -2.06. The third-order valence-corrected chi connectivity index (χ3v) is 4.58. The summed E-state index contributed by atoms with van der Waals surface area (Å²) in [6, 6.07) is 11.5. The van der Waals surface area contributed by atoms with Crippen molar-refractivity contribution >= 4 is 17.5 Å². The van der Waals surface area contributed by atoms with E-state index in [1.54, 1.807) is 11.8 Å². The molecule has 0 fully saturated rings. The molecule has 0 aliphatic heterocycles. The smallest absolute Gasteiger partial charge is 0.210 e. The van der Waals surface area contributed by atoms with Crippen LogP contribution in [0, 0.1) is 0 Å². The van der Waals surface area contributed by atoms with E-state index in [1.807, 2.05) is 24.3 Å². The summed E-state index contributed by atoms with van der Waals surface area (Å²) in [5.41, 5.74) is 1.30. The average molecular weight is 372 g/mol. The summed E-state index contributed by atoms with van der Waals surface area (Å²) in [6.07, 6.45) is 0. The van der Waals surface area contributed by atoms with Crippen molar-refractivity contribution in [2.45, 2.75) is 11.7 Å². The number of aromatic hydroxyl groups is 2. The Bertz CT molecular complexity index is 911. The molecule has 2 aromatic carbocycles. The highest BCUT2D eigenvalue weighted by Gasteiger charge is 2.13. The van der Waals surface area contributed by atoms with Crippen LogP contribution in [0.5, 0.6) is 17.2 Å². The molecule has 1 aromatic heterocycles. The van der Waals surface area contributed by atoms with Crippen molar-refractivity contribution in [2.24, 2.45) is 0 Å². The summed E-state index contributed by atoms with van der Waals surface area (Å²) in [5.74, 6) is 0.0719. The molecule has 3 aromatic rings. The number of carbonyl (C=O) groups is 1. The summed E-state index contributed by atoms with van der Waals surface area (Å²) in [5, 5.41) is 30.9.